The zero-order valence-corrected chi connectivity index (χ0v) is 6.40. The van der Waals surface area contributed by atoms with Gasteiger partial charge in [-0.25, -0.2) is 9.78 Å². The summed E-state index contributed by atoms with van der Waals surface area (Å²) in [5, 5.41) is 0. The molecule has 0 radical (unpaired) electrons. The topological polar surface area (TPSA) is 134 Å². The van der Waals surface area contributed by atoms with Crippen molar-refractivity contribution in [2.75, 3.05) is 11.5 Å². The summed E-state index contributed by atoms with van der Waals surface area (Å²) in [7, 11) is 0. The van der Waals surface area contributed by atoms with Crippen LogP contribution in [0, 0.1) is 0 Å². The lowest BCUT2D eigenvalue weighted by Gasteiger charge is -1.92. The van der Waals surface area contributed by atoms with E-state index in [9.17, 15) is 0 Å². The van der Waals surface area contributed by atoms with Crippen LogP contribution in [-0.4, -0.2) is 11.0 Å². The van der Waals surface area contributed by atoms with Gasteiger partial charge >= 0.3 is 6.03 Å². The van der Waals surface area contributed by atoms with Gasteiger partial charge in [0.05, 0.1) is 5.69 Å². The Kier molecular flexibility index (Phi) is 3.99. The van der Waals surface area contributed by atoms with Crippen molar-refractivity contribution >= 4 is 17.5 Å². The van der Waals surface area contributed by atoms with Crippen molar-refractivity contribution in [3.8, 4) is 0 Å². The van der Waals surface area contributed by atoms with Crippen LogP contribution >= 0.6 is 0 Å². The second kappa shape index (κ2) is 4.78. The molecule has 8 N–H and O–H groups in total. The van der Waals surface area contributed by atoms with Crippen LogP contribution in [0.15, 0.2) is 18.3 Å². The van der Waals surface area contributed by atoms with Crippen LogP contribution in [0.2, 0.25) is 0 Å². The van der Waals surface area contributed by atoms with Gasteiger partial charge in [0.15, 0.2) is 0 Å². The number of urea groups is 1. The largest absolute Gasteiger partial charge is 0.396 e. The maximum atomic E-state index is 9.00. The first-order valence-corrected chi connectivity index (χ1v) is 3.05. The molecule has 0 spiro atoms. The molecule has 0 saturated heterocycles. The van der Waals surface area contributed by atoms with Crippen molar-refractivity contribution in [1.82, 2.24) is 4.98 Å². The molecule has 0 atom stereocenters. The number of aromatic nitrogens is 1. The number of pyridine rings is 1. The van der Waals surface area contributed by atoms with Crippen LogP contribution in [0.1, 0.15) is 0 Å². The Morgan fingerprint density at radius 2 is 1.83 bits per heavy atom. The Labute approximate surface area is 69.5 Å². The molecule has 6 nitrogen and oxygen atoms in total. The van der Waals surface area contributed by atoms with Crippen LogP contribution in [0.25, 0.3) is 0 Å². The highest BCUT2D eigenvalue weighted by atomic mass is 16.2. The number of primary amides is 2. The Balaban J connectivity index is 0.000000261. The molecule has 0 saturated carbocycles. The predicted octanol–water partition coefficient (Wildman–Crippen LogP) is -0.730. The first-order chi connectivity index (χ1) is 5.54. The van der Waals surface area contributed by atoms with Gasteiger partial charge in [-0.3, -0.25) is 0 Å². The minimum Gasteiger partial charge on any atom is -0.396 e. The number of nitrogens with zero attached hydrogens (tertiary/aromatic N) is 1. The number of amides is 2. The van der Waals surface area contributed by atoms with E-state index in [1.807, 2.05) is 0 Å². The zero-order valence-electron chi connectivity index (χ0n) is 6.40. The molecular weight excluding hydrogens is 158 g/mol. The lowest BCUT2D eigenvalue weighted by molar-refractivity contribution is 0.256. The molecule has 0 aliphatic carbocycles. The summed E-state index contributed by atoms with van der Waals surface area (Å²) >= 11 is 0. The maximum absolute atomic E-state index is 9.00. The van der Waals surface area contributed by atoms with Gasteiger partial charge in [-0.05, 0) is 12.1 Å². The molecule has 0 aromatic carbocycles. The number of anilines is 2. The van der Waals surface area contributed by atoms with E-state index in [0.29, 0.717) is 11.5 Å². The Bertz CT molecular complexity index is 237. The minimum absolute atomic E-state index is 0.396. The second-order valence-electron chi connectivity index (χ2n) is 1.88. The standard InChI is InChI=1S/C5H7N3.CH4N2O/c6-4-2-1-3-8-5(4)7;2-1(3)4/h1-3H,6H2,(H2,7,8);(H4,2,3,4). The molecule has 0 unspecified atom stereocenters. The fourth-order valence-corrected chi connectivity index (χ4v) is 0.430. The van der Waals surface area contributed by atoms with Crippen LogP contribution in [-0.2, 0) is 0 Å². The third-order valence-electron chi connectivity index (χ3n) is 0.871. The fourth-order valence-electron chi connectivity index (χ4n) is 0.430. The van der Waals surface area contributed by atoms with E-state index in [2.05, 4.69) is 16.5 Å². The van der Waals surface area contributed by atoms with Gasteiger partial charge < -0.3 is 22.9 Å². The number of hydrogen-bond acceptors (Lipinski definition) is 4. The monoisotopic (exact) mass is 169 g/mol. The van der Waals surface area contributed by atoms with Crippen LogP contribution in [0.5, 0.6) is 0 Å². The molecule has 0 aliphatic rings. The molecule has 0 aliphatic heterocycles. The van der Waals surface area contributed by atoms with Gasteiger partial charge in [0.1, 0.15) is 5.82 Å². The maximum Gasteiger partial charge on any atom is 0.309 e. The van der Waals surface area contributed by atoms with E-state index in [4.69, 9.17) is 16.3 Å². The van der Waals surface area contributed by atoms with Gasteiger partial charge in [0.2, 0.25) is 0 Å². The van der Waals surface area contributed by atoms with Gasteiger partial charge in [0, 0.05) is 6.20 Å². The molecule has 6 heteroatoms. The molecule has 0 bridgehead atoms. The number of hydrogen-bond donors (Lipinski definition) is 4. The van der Waals surface area contributed by atoms with E-state index in [1.54, 1.807) is 18.3 Å². The van der Waals surface area contributed by atoms with Crippen molar-refractivity contribution in [1.29, 1.82) is 0 Å². The molecule has 0 fully saturated rings. The van der Waals surface area contributed by atoms with E-state index >= 15 is 0 Å². The van der Waals surface area contributed by atoms with E-state index < -0.39 is 6.03 Å². The van der Waals surface area contributed by atoms with Gasteiger partial charge in [-0.2, -0.15) is 0 Å². The van der Waals surface area contributed by atoms with Crippen molar-refractivity contribution in [3.05, 3.63) is 18.3 Å². The summed E-state index contributed by atoms with van der Waals surface area (Å²) < 4.78 is 0. The van der Waals surface area contributed by atoms with Gasteiger partial charge in [0.25, 0.3) is 0 Å². The predicted molar refractivity (Wildman–Crippen MR) is 46.8 cm³/mol. The van der Waals surface area contributed by atoms with Crippen LogP contribution < -0.4 is 22.9 Å². The lowest BCUT2D eigenvalue weighted by atomic mass is 10.4. The van der Waals surface area contributed by atoms with Gasteiger partial charge in [-0.1, -0.05) is 0 Å². The van der Waals surface area contributed by atoms with Crippen molar-refractivity contribution in [2.24, 2.45) is 11.5 Å². The number of nitrogens with two attached hydrogens (primary N) is 4. The molecule has 2 amide bonds. The molecule has 1 aromatic rings. The second-order valence-corrected chi connectivity index (χ2v) is 1.88. The van der Waals surface area contributed by atoms with Crippen molar-refractivity contribution in [2.45, 2.75) is 0 Å². The van der Waals surface area contributed by atoms with Crippen LogP contribution in [0.3, 0.4) is 0 Å². The summed E-state index contributed by atoms with van der Waals surface area (Å²) in [4.78, 5) is 12.7. The summed E-state index contributed by atoms with van der Waals surface area (Å²) in [6, 6.07) is 2.62. The first-order valence-electron chi connectivity index (χ1n) is 3.05. The van der Waals surface area contributed by atoms with E-state index in [-0.39, 0.29) is 0 Å². The highest BCUT2D eigenvalue weighted by molar-refractivity contribution is 5.69. The number of carbonyl (C=O) groups is 1. The summed E-state index contributed by atoms with van der Waals surface area (Å²) in [6.45, 7) is 0. The first kappa shape index (κ1) is 10.0. The Morgan fingerprint density at radius 3 is 2.08 bits per heavy atom. The average molecular weight is 169 g/mol. The number of nitrogen functional groups attached to an aromatic ring is 2. The third kappa shape index (κ3) is 4.86. The molecule has 66 valence electrons. The SMILES string of the molecule is NC(N)=O.Nc1cccnc1N. The summed E-state index contributed by atoms with van der Waals surface area (Å²) in [6.07, 6.45) is 1.60. The number of rotatable bonds is 0. The minimum atomic E-state index is -0.833. The van der Waals surface area contributed by atoms with Crippen molar-refractivity contribution in [3.63, 3.8) is 0 Å². The molecule has 1 aromatic heterocycles. The Hall–Kier alpha value is -1.98. The van der Waals surface area contributed by atoms with E-state index in [0.717, 1.165) is 0 Å². The highest BCUT2D eigenvalue weighted by Gasteiger charge is 1.87. The van der Waals surface area contributed by atoms with Crippen LogP contribution in [0.4, 0.5) is 16.3 Å². The normalized spacial score (nSPS) is 8.00. The molecule has 1 heterocycles. The summed E-state index contributed by atoms with van der Waals surface area (Å²) in [5.41, 5.74) is 19.7. The lowest BCUT2D eigenvalue weighted by Crippen LogP contribution is -2.18. The molecule has 12 heavy (non-hydrogen) atoms. The summed E-state index contributed by atoms with van der Waals surface area (Å²) in [5.74, 6) is 0.396. The third-order valence-corrected chi connectivity index (χ3v) is 0.871. The highest BCUT2D eigenvalue weighted by Crippen LogP contribution is 2.06. The average Bonchev–Trinajstić information content (AvgIpc) is 1.94. The Morgan fingerprint density at radius 1 is 1.33 bits per heavy atom. The zero-order chi connectivity index (χ0) is 9.56. The smallest absolute Gasteiger partial charge is 0.309 e. The molecular formula is C6H11N5O. The number of carbonyl (C=O) groups excluding carboxylic acids is 1. The van der Waals surface area contributed by atoms with Gasteiger partial charge in [-0.15, -0.1) is 0 Å². The fraction of sp³-hybridized carbons (Fsp3) is 0. The van der Waals surface area contributed by atoms with Crippen molar-refractivity contribution < 1.29 is 4.79 Å². The van der Waals surface area contributed by atoms with E-state index in [1.165, 1.54) is 0 Å². The quantitative estimate of drug-likeness (QED) is 0.407. The molecule has 1 rings (SSSR count).